The first-order chi connectivity index (χ1) is 5.66. The Bertz CT molecular complexity index is 93.8. The molecule has 0 spiro atoms. The molecule has 12 heavy (non-hydrogen) atoms. The minimum atomic E-state index is 0.631. The van der Waals surface area contributed by atoms with Gasteiger partial charge in [-0.05, 0) is 30.4 Å². The Morgan fingerprint density at radius 1 is 1.25 bits per heavy atom. The van der Waals surface area contributed by atoms with Gasteiger partial charge in [-0.15, -0.1) is 0 Å². The summed E-state index contributed by atoms with van der Waals surface area (Å²) in [5.41, 5.74) is 0. The number of hydrogen-bond acceptors (Lipinski definition) is 2. The molecule has 0 bridgehead atoms. The Labute approximate surface area is 81.7 Å². The SMILES string of the molecule is CCSCCC(C)CNC(C)C. The van der Waals surface area contributed by atoms with Crippen LogP contribution in [-0.4, -0.2) is 24.1 Å². The quantitative estimate of drug-likeness (QED) is 0.618. The summed E-state index contributed by atoms with van der Waals surface area (Å²) in [5.74, 6) is 3.40. The molecule has 0 heterocycles. The molecular formula is C10H23NS. The van der Waals surface area contributed by atoms with Gasteiger partial charge in [-0.3, -0.25) is 0 Å². The maximum absolute atomic E-state index is 3.46. The van der Waals surface area contributed by atoms with E-state index in [0.29, 0.717) is 6.04 Å². The largest absolute Gasteiger partial charge is 0.314 e. The van der Waals surface area contributed by atoms with Crippen LogP contribution in [0.2, 0.25) is 0 Å². The van der Waals surface area contributed by atoms with Gasteiger partial charge in [0.25, 0.3) is 0 Å². The lowest BCUT2D eigenvalue weighted by Gasteiger charge is -2.14. The first-order valence-electron chi connectivity index (χ1n) is 4.98. The zero-order chi connectivity index (χ0) is 9.40. The highest BCUT2D eigenvalue weighted by molar-refractivity contribution is 7.99. The average Bonchev–Trinajstić information content (AvgIpc) is 2.01. The molecule has 74 valence electrons. The van der Waals surface area contributed by atoms with Gasteiger partial charge in [0.2, 0.25) is 0 Å². The Hall–Kier alpha value is 0.310. The highest BCUT2D eigenvalue weighted by Crippen LogP contribution is 2.08. The van der Waals surface area contributed by atoms with Crippen LogP contribution in [0.4, 0.5) is 0 Å². The van der Waals surface area contributed by atoms with Gasteiger partial charge in [0.1, 0.15) is 0 Å². The second kappa shape index (κ2) is 7.93. The molecule has 0 aromatic carbocycles. The fraction of sp³-hybridized carbons (Fsp3) is 1.00. The van der Waals surface area contributed by atoms with Crippen molar-refractivity contribution in [2.45, 2.75) is 40.2 Å². The summed E-state index contributed by atoms with van der Waals surface area (Å²) in [5, 5.41) is 3.46. The Balaban J connectivity index is 3.15. The summed E-state index contributed by atoms with van der Waals surface area (Å²) in [6.07, 6.45) is 1.35. The summed E-state index contributed by atoms with van der Waals surface area (Å²) >= 11 is 2.04. The van der Waals surface area contributed by atoms with Crippen LogP contribution < -0.4 is 5.32 Å². The molecule has 0 aliphatic heterocycles. The van der Waals surface area contributed by atoms with Crippen molar-refractivity contribution < 1.29 is 0 Å². The fourth-order valence-corrected chi connectivity index (χ4v) is 1.83. The van der Waals surface area contributed by atoms with Crippen LogP contribution in [0.15, 0.2) is 0 Å². The van der Waals surface area contributed by atoms with Crippen molar-refractivity contribution in [2.24, 2.45) is 5.92 Å². The lowest BCUT2D eigenvalue weighted by Crippen LogP contribution is -2.28. The predicted molar refractivity (Wildman–Crippen MR) is 59.9 cm³/mol. The van der Waals surface area contributed by atoms with E-state index >= 15 is 0 Å². The number of thioether (sulfide) groups is 1. The molecule has 0 aromatic rings. The Morgan fingerprint density at radius 3 is 2.42 bits per heavy atom. The van der Waals surface area contributed by atoms with Crippen molar-refractivity contribution in [3.63, 3.8) is 0 Å². The third-order valence-electron chi connectivity index (χ3n) is 1.83. The summed E-state index contributed by atoms with van der Waals surface area (Å²) in [6, 6.07) is 0.631. The monoisotopic (exact) mass is 189 g/mol. The van der Waals surface area contributed by atoms with E-state index in [-0.39, 0.29) is 0 Å². The van der Waals surface area contributed by atoms with Crippen LogP contribution in [0.25, 0.3) is 0 Å². The molecule has 1 N–H and O–H groups in total. The zero-order valence-electron chi connectivity index (χ0n) is 8.89. The van der Waals surface area contributed by atoms with Gasteiger partial charge in [-0.2, -0.15) is 11.8 Å². The Kier molecular flexibility index (Phi) is 8.14. The molecule has 2 heteroatoms. The summed E-state index contributed by atoms with van der Waals surface area (Å²) in [4.78, 5) is 0. The van der Waals surface area contributed by atoms with E-state index in [1.54, 1.807) is 0 Å². The van der Waals surface area contributed by atoms with Crippen LogP contribution in [0.5, 0.6) is 0 Å². The summed E-state index contributed by atoms with van der Waals surface area (Å²) in [6.45, 7) is 10.1. The van der Waals surface area contributed by atoms with Crippen LogP contribution in [0.1, 0.15) is 34.1 Å². The van der Waals surface area contributed by atoms with Gasteiger partial charge in [-0.1, -0.05) is 27.7 Å². The molecule has 0 aliphatic carbocycles. The molecule has 0 aliphatic rings. The maximum atomic E-state index is 3.46. The highest BCUT2D eigenvalue weighted by Gasteiger charge is 2.01. The van der Waals surface area contributed by atoms with E-state index < -0.39 is 0 Å². The standard InChI is InChI=1S/C10H23NS/c1-5-12-7-6-10(4)8-11-9(2)3/h9-11H,5-8H2,1-4H3. The summed E-state index contributed by atoms with van der Waals surface area (Å²) in [7, 11) is 0. The number of nitrogens with one attached hydrogen (secondary N) is 1. The molecule has 0 aromatic heterocycles. The second-order valence-corrected chi connectivity index (χ2v) is 5.05. The van der Waals surface area contributed by atoms with Crippen molar-refractivity contribution in [1.82, 2.24) is 5.32 Å². The highest BCUT2D eigenvalue weighted by atomic mass is 32.2. The maximum Gasteiger partial charge on any atom is 0.00104 e. The third-order valence-corrected chi connectivity index (χ3v) is 2.77. The van der Waals surface area contributed by atoms with Gasteiger partial charge in [0.15, 0.2) is 0 Å². The molecule has 1 unspecified atom stereocenters. The lowest BCUT2D eigenvalue weighted by atomic mass is 10.1. The minimum Gasteiger partial charge on any atom is -0.314 e. The smallest absolute Gasteiger partial charge is 0.00104 e. The van der Waals surface area contributed by atoms with E-state index in [9.17, 15) is 0 Å². The van der Waals surface area contributed by atoms with Crippen LogP contribution in [-0.2, 0) is 0 Å². The van der Waals surface area contributed by atoms with Gasteiger partial charge in [0.05, 0.1) is 0 Å². The van der Waals surface area contributed by atoms with Gasteiger partial charge >= 0.3 is 0 Å². The van der Waals surface area contributed by atoms with E-state index in [1.807, 2.05) is 11.8 Å². The fourth-order valence-electron chi connectivity index (χ4n) is 0.968. The number of hydrogen-bond donors (Lipinski definition) is 1. The molecule has 0 rings (SSSR count). The van der Waals surface area contributed by atoms with Crippen molar-refractivity contribution in [2.75, 3.05) is 18.1 Å². The van der Waals surface area contributed by atoms with Crippen molar-refractivity contribution >= 4 is 11.8 Å². The lowest BCUT2D eigenvalue weighted by molar-refractivity contribution is 0.470. The van der Waals surface area contributed by atoms with Crippen molar-refractivity contribution in [1.29, 1.82) is 0 Å². The molecule has 1 nitrogen and oxygen atoms in total. The van der Waals surface area contributed by atoms with Crippen molar-refractivity contribution in [3.8, 4) is 0 Å². The summed E-state index contributed by atoms with van der Waals surface area (Å²) < 4.78 is 0. The van der Waals surface area contributed by atoms with E-state index in [4.69, 9.17) is 0 Å². The third kappa shape index (κ3) is 8.41. The first kappa shape index (κ1) is 12.3. The topological polar surface area (TPSA) is 12.0 Å². The predicted octanol–water partition coefficient (Wildman–Crippen LogP) is 2.76. The number of rotatable bonds is 7. The molecule has 0 saturated carbocycles. The van der Waals surface area contributed by atoms with Crippen LogP contribution in [0, 0.1) is 5.92 Å². The van der Waals surface area contributed by atoms with E-state index in [1.165, 1.54) is 24.5 Å². The zero-order valence-corrected chi connectivity index (χ0v) is 9.71. The first-order valence-corrected chi connectivity index (χ1v) is 6.13. The molecule has 1 atom stereocenters. The second-order valence-electron chi connectivity index (χ2n) is 3.65. The normalized spacial score (nSPS) is 13.8. The Morgan fingerprint density at radius 2 is 1.92 bits per heavy atom. The van der Waals surface area contributed by atoms with Crippen LogP contribution in [0.3, 0.4) is 0 Å². The molecule has 0 fully saturated rings. The molecular weight excluding hydrogens is 166 g/mol. The van der Waals surface area contributed by atoms with Gasteiger partial charge in [0, 0.05) is 6.04 Å². The van der Waals surface area contributed by atoms with Gasteiger partial charge < -0.3 is 5.32 Å². The van der Waals surface area contributed by atoms with Crippen molar-refractivity contribution in [3.05, 3.63) is 0 Å². The van der Waals surface area contributed by atoms with Gasteiger partial charge in [-0.25, -0.2) is 0 Å². The minimum absolute atomic E-state index is 0.631. The van der Waals surface area contributed by atoms with E-state index in [2.05, 4.69) is 33.0 Å². The van der Waals surface area contributed by atoms with Crippen LogP contribution >= 0.6 is 11.8 Å². The molecule has 0 saturated heterocycles. The molecule has 0 amide bonds. The molecule has 0 radical (unpaired) electrons. The average molecular weight is 189 g/mol. The van der Waals surface area contributed by atoms with E-state index in [0.717, 1.165) is 5.92 Å².